The summed E-state index contributed by atoms with van der Waals surface area (Å²) in [5, 5.41) is 1.85. The summed E-state index contributed by atoms with van der Waals surface area (Å²) in [7, 11) is 3.78. The van der Waals surface area contributed by atoms with E-state index in [4.69, 9.17) is 16.3 Å². The van der Waals surface area contributed by atoms with E-state index in [1.807, 2.05) is 19.0 Å². The first kappa shape index (κ1) is 26.5. The Morgan fingerprint density at radius 1 is 1.06 bits per heavy atom. The minimum atomic E-state index is -4.58. The van der Waals surface area contributed by atoms with Gasteiger partial charge in [0.25, 0.3) is 0 Å². The first-order valence-corrected chi connectivity index (χ1v) is 10.8. The lowest BCUT2D eigenvalue weighted by molar-refractivity contribution is -0.115. The van der Waals surface area contributed by atoms with Crippen LogP contribution in [0.15, 0.2) is 30.7 Å². The fraction of sp³-hybridized carbons (Fsp3) is 0.364. The predicted octanol–water partition coefficient (Wildman–Crippen LogP) is 4.76. The molecule has 13 heteroatoms. The van der Waals surface area contributed by atoms with Crippen molar-refractivity contribution in [3.05, 3.63) is 58.6 Å². The quantitative estimate of drug-likeness (QED) is 0.236. The molecule has 0 radical (unpaired) electrons. The third kappa shape index (κ3) is 7.69. The van der Waals surface area contributed by atoms with Crippen LogP contribution in [-0.4, -0.2) is 64.8 Å². The van der Waals surface area contributed by atoms with Crippen molar-refractivity contribution in [1.29, 1.82) is 0 Å². The summed E-state index contributed by atoms with van der Waals surface area (Å²) in [6, 6.07) is 2.03. The normalized spacial score (nSPS) is 11.7. The van der Waals surface area contributed by atoms with E-state index < -0.39 is 36.3 Å². The summed E-state index contributed by atoms with van der Waals surface area (Å²) in [5.74, 6) is -2.31. The van der Waals surface area contributed by atoms with Gasteiger partial charge in [0.1, 0.15) is 40.6 Å². The number of nitrogens with one attached hydrogen (secondary N) is 1. The summed E-state index contributed by atoms with van der Waals surface area (Å²) in [6.07, 6.45) is -0.393. The number of halogens is 6. The van der Waals surface area contributed by atoms with Gasteiger partial charge in [0, 0.05) is 48.6 Å². The average Bonchev–Trinajstić information content (AvgIpc) is 2.78. The number of anilines is 1. The van der Waals surface area contributed by atoms with Crippen molar-refractivity contribution in [1.82, 2.24) is 24.8 Å². The number of ether oxygens (including phenoxy) is 1. The second-order valence-corrected chi connectivity index (χ2v) is 8.13. The number of hydrogen-bond donors (Lipinski definition) is 1. The maximum Gasteiger partial charge on any atom is 0.405 e. The zero-order valence-corrected chi connectivity index (χ0v) is 19.6. The van der Waals surface area contributed by atoms with E-state index >= 15 is 0 Å². The van der Waals surface area contributed by atoms with Crippen molar-refractivity contribution in [2.24, 2.45) is 0 Å². The second kappa shape index (κ2) is 11.5. The van der Waals surface area contributed by atoms with Crippen LogP contribution in [0.4, 0.5) is 27.8 Å². The highest BCUT2D eigenvalue weighted by Gasteiger charge is 2.28. The minimum absolute atomic E-state index is 0.00160. The molecular formula is C22H22ClF5N6O. The summed E-state index contributed by atoms with van der Waals surface area (Å²) in [6.45, 7) is -0.455. The lowest BCUT2D eigenvalue weighted by Gasteiger charge is -2.16. The molecule has 1 aromatic carbocycles. The van der Waals surface area contributed by atoms with E-state index in [2.05, 4.69) is 25.3 Å². The maximum absolute atomic E-state index is 14.8. The van der Waals surface area contributed by atoms with Gasteiger partial charge in [-0.2, -0.15) is 13.2 Å². The van der Waals surface area contributed by atoms with Crippen LogP contribution >= 0.6 is 11.6 Å². The van der Waals surface area contributed by atoms with Gasteiger partial charge in [0.2, 0.25) is 0 Å². The van der Waals surface area contributed by atoms with Crippen molar-refractivity contribution < 1.29 is 26.7 Å². The predicted molar refractivity (Wildman–Crippen MR) is 120 cm³/mol. The largest absolute Gasteiger partial charge is 0.493 e. The number of nitrogens with zero attached hydrogens (tertiary/aromatic N) is 5. The standard InChI is InChI=1S/C22H22ClF5N6O/c1-34(2)6-3-7-35-13-8-16(24)14(17(25)9-13)10-15-19(23)32-21(18-11-29-4-5-30-18)33-20(15)31-12-22(26,27)28/h4-5,8-9,11H,3,6-7,10,12H2,1-2H3,(H,31,32,33). The molecule has 35 heavy (non-hydrogen) atoms. The average molecular weight is 517 g/mol. The van der Waals surface area contributed by atoms with Crippen LogP contribution in [0.1, 0.15) is 17.5 Å². The number of benzene rings is 1. The molecule has 2 aromatic heterocycles. The molecule has 3 aromatic rings. The van der Waals surface area contributed by atoms with Crippen LogP contribution in [0, 0.1) is 11.6 Å². The Morgan fingerprint density at radius 2 is 1.77 bits per heavy atom. The highest BCUT2D eigenvalue weighted by atomic mass is 35.5. The zero-order chi connectivity index (χ0) is 25.6. The van der Waals surface area contributed by atoms with Crippen LogP contribution in [0.3, 0.4) is 0 Å². The Morgan fingerprint density at radius 3 is 2.37 bits per heavy atom. The Bertz CT molecular complexity index is 1120. The molecule has 2 heterocycles. The lowest BCUT2D eigenvalue weighted by Crippen LogP contribution is -2.23. The van der Waals surface area contributed by atoms with E-state index in [9.17, 15) is 22.0 Å². The fourth-order valence-electron chi connectivity index (χ4n) is 3.05. The molecule has 188 valence electrons. The molecule has 0 bridgehead atoms. The highest BCUT2D eigenvalue weighted by molar-refractivity contribution is 6.30. The summed E-state index contributed by atoms with van der Waals surface area (Å²) in [4.78, 5) is 17.9. The van der Waals surface area contributed by atoms with Crippen LogP contribution < -0.4 is 10.1 Å². The third-order valence-corrected chi connectivity index (χ3v) is 5.00. The summed E-state index contributed by atoms with van der Waals surface area (Å²) < 4.78 is 73.6. The van der Waals surface area contributed by atoms with E-state index in [0.717, 1.165) is 18.7 Å². The van der Waals surface area contributed by atoms with Gasteiger partial charge in [0.15, 0.2) is 5.82 Å². The first-order valence-electron chi connectivity index (χ1n) is 10.4. The molecule has 0 aliphatic rings. The van der Waals surface area contributed by atoms with Gasteiger partial charge >= 0.3 is 6.18 Å². The molecule has 0 aliphatic heterocycles. The monoisotopic (exact) mass is 516 g/mol. The third-order valence-electron chi connectivity index (χ3n) is 4.69. The van der Waals surface area contributed by atoms with Gasteiger partial charge in [-0.1, -0.05) is 11.6 Å². The van der Waals surface area contributed by atoms with E-state index in [1.165, 1.54) is 18.6 Å². The molecule has 0 atom stereocenters. The maximum atomic E-state index is 14.8. The molecule has 0 amide bonds. The molecule has 0 fully saturated rings. The van der Waals surface area contributed by atoms with E-state index in [0.29, 0.717) is 6.42 Å². The Kier molecular flexibility index (Phi) is 8.73. The van der Waals surface area contributed by atoms with Gasteiger partial charge in [-0.15, -0.1) is 0 Å². The van der Waals surface area contributed by atoms with Crippen molar-refractivity contribution in [2.75, 3.05) is 39.1 Å². The molecule has 0 aliphatic carbocycles. The smallest absolute Gasteiger partial charge is 0.405 e. The molecule has 0 spiro atoms. The van der Waals surface area contributed by atoms with Gasteiger partial charge in [0.05, 0.1) is 12.8 Å². The molecule has 1 N–H and O–H groups in total. The SMILES string of the molecule is CN(C)CCCOc1cc(F)c(Cc2c(Cl)nc(-c3cnccn3)nc2NCC(F)(F)F)c(F)c1. The number of hydrogen-bond acceptors (Lipinski definition) is 7. The lowest BCUT2D eigenvalue weighted by atomic mass is 10.0. The van der Waals surface area contributed by atoms with Crippen LogP contribution in [-0.2, 0) is 6.42 Å². The molecule has 3 rings (SSSR count). The Hall–Kier alpha value is -3.12. The van der Waals surface area contributed by atoms with E-state index in [1.54, 1.807) is 0 Å². The van der Waals surface area contributed by atoms with Crippen molar-refractivity contribution >= 4 is 17.4 Å². The summed E-state index contributed by atoms with van der Waals surface area (Å²) in [5.41, 5.74) is -0.372. The number of alkyl halides is 3. The van der Waals surface area contributed by atoms with Crippen LogP contribution in [0.5, 0.6) is 5.75 Å². The minimum Gasteiger partial charge on any atom is -0.493 e. The van der Waals surface area contributed by atoms with Crippen molar-refractivity contribution in [3.8, 4) is 17.3 Å². The summed E-state index contributed by atoms with van der Waals surface area (Å²) >= 11 is 6.24. The zero-order valence-electron chi connectivity index (χ0n) is 18.8. The van der Waals surface area contributed by atoms with Gasteiger partial charge in [-0.3, -0.25) is 4.98 Å². The Labute approximate surface area is 203 Å². The van der Waals surface area contributed by atoms with Crippen LogP contribution in [0.25, 0.3) is 11.5 Å². The molecular weight excluding hydrogens is 495 g/mol. The van der Waals surface area contributed by atoms with E-state index in [-0.39, 0.29) is 40.4 Å². The Balaban J connectivity index is 1.90. The molecule has 0 unspecified atom stereocenters. The van der Waals surface area contributed by atoms with Gasteiger partial charge in [-0.05, 0) is 20.5 Å². The molecule has 0 saturated heterocycles. The van der Waals surface area contributed by atoms with Gasteiger partial charge < -0.3 is 15.0 Å². The second-order valence-electron chi connectivity index (χ2n) is 7.77. The van der Waals surface area contributed by atoms with Crippen molar-refractivity contribution in [3.63, 3.8) is 0 Å². The fourth-order valence-corrected chi connectivity index (χ4v) is 3.29. The molecule has 0 saturated carbocycles. The van der Waals surface area contributed by atoms with Crippen LogP contribution in [0.2, 0.25) is 5.15 Å². The highest BCUT2D eigenvalue weighted by Crippen LogP contribution is 2.31. The van der Waals surface area contributed by atoms with Gasteiger partial charge in [-0.25, -0.2) is 23.7 Å². The van der Waals surface area contributed by atoms with Crippen molar-refractivity contribution in [2.45, 2.75) is 19.0 Å². The molecule has 7 nitrogen and oxygen atoms in total. The topological polar surface area (TPSA) is 76.1 Å². The first-order chi connectivity index (χ1) is 16.5. The number of rotatable bonds is 10. The number of aromatic nitrogens is 4.